The van der Waals surface area contributed by atoms with Crippen molar-refractivity contribution < 1.29 is 0 Å². The van der Waals surface area contributed by atoms with Crippen molar-refractivity contribution in [1.29, 1.82) is 0 Å². The number of rotatable bonds is 3. The molecule has 2 aromatic heterocycles. The SMILES string of the molecule is Cc1ccc2c(c1)CCc1cccnc1C2C1CCN(Cc2cnc[nH]2)CC1. The van der Waals surface area contributed by atoms with Gasteiger partial charge < -0.3 is 4.98 Å². The number of nitrogens with one attached hydrogen (secondary N) is 1. The van der Waals surface area contributed by atoms with E-state index in [9.17, 15) is 0 Å². The number of nitrogens with zero attached hydrogens (tertiary/aromatic N) is 3. The highest BCUT2D eigenvalue weighted by molar-refractivity contribution is 5.44. The first-order valence-electron chi connectivity index (χ1n) is 10.5. The van der Waals surface area contributed by atoms with Gasteiger partial charge in [-0.3, -0.25) is 9.88 Å². The van der Waals surface area contributed by atoms with Gasteiger partial charge in [-0.1, -0.05) is 29.8 Å². The molecule has 28 heavy (non-hydrogen) atoms. The van der Waals surface area contributed by atoms with Crippen molar-refractivity contribution in [3.05, 3.63) is 82.7 Å². The van der Waals surface area contributed by atoms with Gasteiger partial charge in [-0.25, -0.2) is 4.98 Å². The molecule has 4 heteroatoms. The summed E-state index contributed by atoms with van der Waals surface area (Å²) in [5.41, 5.74) is 8.41. The number of aryl methyl sites for hydroxylation is 3. The zero-order valence-electron chi connectivity index (χ0n) is 16.6. The Morgan fingerprint density at radius 1 is 1.11 bits per heavy atom. The number of fused-ring (bicyclic) bond motifs is 2. The van der Waals surface area contributed by atoms with Crippen LogP contribution in [0.15, 0.2) is 49.1 Å². The average molecular weight is 373 g/mol. The standard InChI is InChI=1S/C24H28N4/c1-17-4-7-22-20(13-17)6-5-19-3-2-10-26-24(19)23(22)18-8-11-28(12-9-18)15-21-14-25-16-27-21/h2-4,7,10,13-14,16,18,23H,5-6,8-9,11-12,15H2,1H3,(H,25,27). The topological polar surface area (TPSA) is 44.8 Å². The molecule has 0 amide bonds. The van der Waals surface area contributed by atoms with E-state index in [1.807, 2.05) is 12.4 Å². The first kappa shape index (κ1) is 17.6. The second-order valence-corrected chi connectivity index (χ2v) is 8.42. The van der Waals surface area contributed by atoms with Crippen LogP contribution in [-0.2, 0) is 19.4 Å². The van der Waals surface area contributed by atoms with Crippen molar-refractivity contribution in [2.24, 2.45) is 5.92 Å². The predicted octanol–water partition coefficient (Wildman–Crippen LogP) is 4.26. The van der Waals surface area contributed by atoms with Crippen LogP contribution in [0.5, 0.6) is 0 Å². The zero-order chi connectivity index (χ0) is 18.9. The maximum Gasteiger partial charge on any atom is 0.0922 e. The lowest BCUT2D eigenvalue weighted by molar-refractivity contribution is 0.166. The molecule has 2 aliphatic rings. The first-order chi connectivity index (χ1) is 13.8. The summed E-state index contributed by atoms with van der Waals surface area (Å²) in [5.74, 6) is 1.09. The largest absolute Gasteiger partial charge is 0.347 e. The van der Waals surface area contributed by atoms with Crippen LogP contribution in [0.25, 0.3) is 0 Å². The van der Waals surface area contributed by atoms with Crippen LogP contribution in [0.3, 0.4) is 0 Å². The molecule has 1 aliphatic carbocycles. The van der Waals surface area contributed by atoms with Crippen molar-refractivity contribution in [2.75, 3.05) is 13.1 Å². The Labute approximate surface area is 167 Å². The highest BCUT2D eigenvalue weighted by atomic mass is 15.1. The molecule has 0 spiro atoms. The zero-order valence-corrected chi connectivity index (χ0v) is 16.6. The number of hydrogen-bond acceptors (Lipinski definition) is 3. The first-order valence-corrected chi connectivity index (χ1v) is 10.5. The van der Waals surface area contributed by atoms with E-state index in [-0.39, 0.29) is 0 Å². The summed E-state index contributed by atoms with van der Waals surface area (Å²) in [7, 11) is 0. The molecule has 1 atom stereocenters. The highest BCUT2D eigenvalue weighted by Gasteiger charge is 2.33. The third-order valence-corrected chi connectivity index (χ3v) is 6.57. The van der Waals surface area contributed by atoms with Crippen LogP contribution >= 0.6 is 0 Å². The van der Waals surface area contributed by atoms with Crippen molar-refractivity contribution in [2.45, 2.75) is 45.1 Å². The predicted molar refractivity (Wildman–Crippen MR) is 111 cm³/mol. The van der Waals surface area contributed by atoms with E-state index >= 15 is 0 Å². The lowest BCUT2D eigenvalue weighted by Crippen LogP contribution is -2.36. The number of pyridine rings is 1. The number of hydrogen-bond donors (Lipinski definition) is 1. The fourth-order valence-corrected chi connectivity index (χ4v) is 5.15. The van der Waals surface area contributed by atoms with Crippen molar-refractivity contribution in [3.63, 3.8) is 0 Å². The summed E-state index contributed by atoms with van der Waals surface area (Å²) in [5, 5.41) is 0. The minimum Gasteiger partial charge on any atom is -0.347 e. The van der Waals surface area contributed by atoms with E-state index in [0.29, 0.717) is 11.8 Å². The van der Waals surface area contributed by atoms with Gasteiger partial charge in [0.25, 0.3) is 0 Å². The Morgan fingerprint density at radius 3 is 2.79 bits per heavy atom. The summed E-state index contributed by atoms with van der Waals surface area (Å²) in [4.78, 5) is 14.9. The van der Waals surface area contributed by atoms with E-state index < -0.39 is 0 Å². The van der Waals surface area contributed by atoms with Gasteiger partial charge in [0.05, 0.1) is 12.0 Å². The molecule has 1 saturated heterocycles. The molecule has 1 N–H and O–H groups in total. The molecule has 0 bridgehead atoms. The summed E-state index contributed by atoms with van der Waals surface area (Å²) in [6.07, 6.45) is 10.4. The smallest absolute Gasteiger partial charge is 0.0922 e. The minimum absolute atomic E-state index is 0.434. The van der Waals surface area contributed by atoms with Crippen LogP contribution in [-0.4, -0.2) is 32.9 Å². The molecule has 3 aromatic rings. The number of H-pyrrole nitrogens is 1. The number of imidazole rings is 1. The maximum absolute atomic E-state index is 4.91. The lowest BCUT2D eigenvalue weighted by atomic mass is 9.76. The number of likely N-dealkylation sites (tertiary alicyclic amines) is 1. The van der Waals surface area contributed by atoms with Gasteiger partial charge in [-0.05, 0) is 74.4 Å². The van der Waals surface area contributed by atoms with Gasteiger partial charge in [0, 0.05) is 30.6 Å². The van der Waals surface area contributed by atoms with Crippen LogP contribution in [0.2, 0.25) is 0 Å². The molecule has 3 heterocycles. The Hall–Kier alpha value is -2.46. The molecule has 1 unspecified atom stereocenters. The van der Waals surface area contributed by atoms with Crippen molar-refractivity contribution >= 4 is 0 Å². The van der Waals surface area contributed by atoms with Crippen LogP contribution in [0.1, 0.15) is 52.4 Å². The molecule has 1 fully saturated rings. The average Bonchev–Trinajstić information content (AvgIpc) is 3.17. The van der Waals surface area contributed by atoms with Crippen LogP contribution in [0, 0.1) is 12.8 Å². The van der Waals surface area contributed by atoms with Crippen LogP contribution in [0.4, 0.5) is 0 Å². The van der Waals surface area contributed by atoms with E-state index in [2.05, 4.69) is 52.1 Å². The summed E-state index contributed by atoms with van der Waals surface area (Å²) < 4.78 is 0. The summed E-state index contributed by atoms with van der Waals surface area (Å²) in [6, 6.07) is 11.5. The monoisotopic (exact) mass is 372 g/mol. The maximum atomic E-state index is 4.91. The van der Waals surface area contributed by atoms with Crippen molar-refractivity contribution in [3.8, 4) is 0 Å². The number of benzene rings is 1. The molecule has 0 radical (unpaired) electrons. The Bertz CT molecular complexity index is 939. The summed E-state index contributed by atoms with van der Waals surface area (Å²) in [6.45, 7) is 5.47. The third-order valence-electron chi connectivity index (χ3n) is 6.57. The van der Waals surface area contributed by atoms with Gasteiger partial charge in [-0.15, -0.1) is 0 Å². The van der Waals surface area contributed by atoms with E-state index in [4.69, 9.17) is 4.98 Å². The molecular formula is C24H28N4. The molecule has 5 rings (SSSR count). The molecular weight excluding hydrogens is 344 g/mol. The Balaban J connectivity index is 1.43. The lowest BCUT2D eigenvalue weighted by Gasteiger charge is -2.36. The normalized spacial score (nSPS) is 20.4. The quantitative estimate of drug-likeness (QED) is 0.747. The number of aromatic nitrogens is 3. The van der Waals surface area contributed by atoms with Gasteiger partial charge in [-0.2, -0.15) is 0 Å². The minimum atomic E-state index is 0.434. The number of aromatic amines is 1. The van der Waals surface area contributed by atoms with E-state index in [1.165, 1.54) is 46.5 Å². The van der Waals surface area contributed by atoms with Gasteiger partial charge in [0.1, 0.15) is 0 Å². The van der Waals surface area contributed by atoms with Gasteiger partial charge >= 0.3 is 0 Å². The summed E-state index contributed by atoms with van der Waals surface area (Å²) >= 11 is 0. The fraction of sp³-hybridized carbons (Fsp3) is 0.417. The molecule has 0 saturated carbocycles. The molecule has 1 aromatic carbocycles. The van der Waals surface area contributed by atoms with Gasteiger partial charge in [0.2, 0.25) is 0 Å². The van der Waals surface area contributed by atoms with E-state index in [0.717, 1.165) is 32.5 Å². The highest BCUT2D eigenvalue weighted by Crippen LogP contribution is 2.42. The van der Waals surface area contributed by atoms with Crippen LogP contribution < -0.4 is 0 Å². The van der Waals surface area contributed by atoms with Gasteiger partial charge in [0.15, 0.2) is 0 Å². The fourth-order valence-electron chi connectivity index (χ4n) is 5.15. The molecule has 144 valence electrons. The third kappa shape index (κ3) is 3.37. The Kier molecular flexibility index (Phi) is 4.73. The second-order valence-electron chi connectivity index (χ2n) is 8.42. The second kappa shape index (κ2) is 7.51. The Morgan fingerprint density at radius 2 is 1.96 bits per heavy atom. The van der Waals surface area contributed by atoms with E-state index in [1.54, 1.807) is 6.33 Å². The molecule has 4 nitrogen and oxygen atoms in total. The number of piperidine rings is 1. The molecule has 1 aliphatic heterocycles. The van der Waals surface area contributed by atoms with Crippen molar-refractivity contribution in [1.82, 2.24) is 19.9 Å².